The first-order chi connectivity index (χ1) is 7.64. The minimum Gasteiger partial charge on any atom is -0.328 e. The maximum Gasteiger partial charge on any atom is 0.126 e. The van der Waals surface area contributed by atoms with E-state index >= 15 is 0 Å². The normalized spacial score (nSPS) is 45.6. The minimum absolute atomic E-state index is 0.0821. The summed E-state index contributed by atoms with van der Waals surface area (Å²) in [5.41, 5.74) is 4.87. The second-order valence-corrected chi connectivity index (χ2v) is 5.68. The molecule has 0 aromatic carbocycles. The van der Waals surface area contributed by atoms with E-state index in [1.165, 1.54) is 12.8 Å². The van der Waals surface area contributed by atoms with Gasteiger partial charge in [-0.3, -0.25) is 0 Å². The SMILES string of the molecule is CCC1CCNC(C2(F)CCC(N)CC2)C1. The minimum atomic E-state index is -0.982. The Morgan fingerprint density at radius 2 is 2.00 bits per heavy atom. The quantitative estimate of drug-likeness (QED) is 0.761. The van der Waals surface area contributed by atoms with Gasteiger partial charge >= 0.3 is 0 Å². The highest BCUT2D eigenvalue weighted by Crippen LogP contribution is 2.38. The van der Waals surface area contributed by atoms with Gasteiger partial charge in [0.05, 0.1) is 0 Å². The highest BCUT2D eigenvalue weighted by Gasteiger charge is 2.43. The van der Waals surface area contributed by atoms with Crippen LogP contribution >= 0.6 is 0 Å². The zero-order chi connectivity index (χ0) is 11.6. The fraction of sp³-hybridized carbons (Fsp3) is 1.00. The van der Waals surface area contributed by atoms with Gasteiger partial charge in [-0.25, -0.2) is 4.39 Å². The van der Waals surface area contributed by atoms with Gasteiger partial charge in [-0.15, -0.1) is 0 Å². The molecule has 1 saturated carbocycles. The number of nitrogens with one attached hydrogen (secondary N) is 1. The summed E-state index contributed by atoms with van der Waals surface area (Å²) in [4.78, 5) is 0. The Balaban J connectivity index is 1.94. The van der Waals surface area contributed by atoms with Crippen LogP contribution in [0.2, 0.25) is 0 Å². The van der Waals surface area contributed by atoms with Crippen LogP contribution in [0.4, 0.5) is 4.39 Å². The standard InChI is InChI=1S/C13H25FN2/c1-2-10-5-8-16-12(9-10)13(14)6-3-11(15)4-7-13/h10-12,16H,2-9,15H2,1H3. The lowest BCUT2D eigenvalue weighted by Crippen LogP contribution is -2.54. The summed E-state index contributed by atoms with van der Waals surface area (Å²) < 4.78 is 14.8. The van der Waals surface area contributed by atoms with Crippen LogP contribution < -0.4 is 11.1 Å². The van der Waals surface area contributed by atoms with Crippen LogP contribution in [0.5, 0.6) is 0 Å². The summed E-state index contributed by atoms with van der Waals surface area (Å²) in [6.45, 7) is 3.20. The molecule has 16 heavy (non-hydrogen) atoms. The molecular formula is C13H25FN2. The number of alkyl halides is 1. The van der Waals surface area contributed by atoms with Gasteiger partial charge in [0, 0.05) is 12.1 Å². The number of piperidine rings is 1. The third-order valence-corrected chi connectivity index (χ3v) is 4.58. The second kappa shape index (κ2) is 5.01. The lowest BCUT2D eigenvalue weighted by molar-refractivity contribution is 0.0323. The molecule has 0 aromatic heterocycles. The maximum atomic E-state index is 14.8. The molecular weight excluding hydrogens is 203 g/mol. The van der Waals surface area contributed by atoms with E-state index in [0.717, 1.165) is 31.7 Å². The first-order valence-electron chi connectivity index (χ1n) is 6.82. The Morgan fingerprint density at radius 1 is 1.31 bits per heavy atom. The van der Waals surface area contributed by atoms with E-state index in [1.807, 2.05) is 0 Å². The van der Waals surface area contributed by atoms with E-state index in [2.05, 4.69) is 12.2 Å². The summed E-state index contributed by atoms with van der Waals surface area (Å²) in [7, 11) is 0. The molecule has 1 saturated heterocycles. The van der Waals surface area contributed by atoms with Crippen LogP contribution in [0.25, 0.3) is 0 Å². The smallest absolute Gasteiger partial charge is 0.126 e. The average Bonchev–Trinajstić information content (AvgIpc) is 2.33. The number of hydrogen-bond donors (Lipinski definition) is 2. The van der Waals surface area contributed by atoms with Crippen LogP contribution in [0, 0.1) is 5.92 Å². The monoisotopic (exact) mass is 228 g/mol. The molecule has 0 bridgehead atoms. The molecule has 2 atom stereocenters. The topological polar surface area (TPSA) is 38.0 Å². The molecule has 3 heteroatoms. The lowest BCUT2D eigenvalue weighted by atomic mass is 9.74. The van der Waals surface area contributed by atoms with Gasteiger partial charge in [-0.2, -0.15) is 0 Å². The molecule has 94 valence electrons. The van der Waals surface area contributed by atoms with Gasteiger partial charge in [-0.1, -0.05) is 13.3 Å². The van der Waals surface area contributed by atoms with Crippen molar-refractivity contribution in [3.05, 3.63) is 0 Å². The second-order valence-electron chi connectivity index (χ2n) is 5.68. The number of nitrogens with two attached hydrogens (primary N) is 1. The number of rotatable bonds is 2. The van der Waals surface area contributed by atoms with E-state index in [9.17, 15) is 4.39 Å². The van der Waals surface area contributed by atoms with E-state index in [0.29, 0.717) is 12.8 Å². The van der Waals surface area contributed by atoms with Crippen molar-refractivity contribution in [1.29, 1.82) is 0 Å². The van der Waals surface area contributed by atoms with Crippen LogP contribution in [-0.4, -0.2) is 24.3 Å². The third kappa shape index (κ3) is 2.57. The first kappa shape index (κ1) is 12.3. The highest BCUT2D eigenvalue weighted by molar-refractivity contribution is 4.98. The van der Waals surface area contributed by atoms with Crippen LogP contribution in [0.3, 0.4) is 0 Å². The number of hydrogen-bond acceptors (Lipinski definition) is 2. The maximum absolute atomic E-state index is 14.8. The molecule has 2 fully saturated rings. The van der Waals surface area contributed by atoms with Crippen molar-refractivity contribution in [2.75, 3.05) is 6.54 Å². The van der Waals surface area contributed by atoms with Crippen molar-refractivity contribution in [2.45, 2.75) is 69.6 Å². The van der Waals surface area contributed by atoms with E-state index in [4.69, 9.17) is 5.73 Å². The van der Waals surface area contributed by atoms with Crippen LogP contribution in [-0.2, 0) is 0 Å². The molecule has 1 heterocycles. The summed E-state index contributed by atoms with van der Waals surface area (Å²) in [6.07, 6.45) is 6.43. The first-order valence-corrected chi connectivity index (χ1v) is 6.82. The summed E-state index contributed by atoms with van der Waals surface area (Å²) >= 11 is 0. The van der Waals surface area contributed by atoms with Crippen molar-refractivity contribution in [3.8, 4) is 0 Å². The molecule has 2 rings (SSSR count). The zero-order valence-corrected chi connectivity index (χ0v) is 10.3. The van der Waals surface area contributed by atoms with Gasteiger partial charge in [0.15, 0.2) is 0 Å². The van der Waals surface area contributed by atoms with E-state index in [1.54, 1.807) is 0 Å². The van der Waals surface area contributed by atoms with Crippen molar-refractivity contribution in [3.63, 3.8) is 0 Å². The Hall–Kier alpha value is -0.150. The number of halogens is 1. The van der Waals surface area contributed by atoms with Gasteiger partial charge in [0.25, 0.3) is 0 Å². The third-order valence-electron chi connectivity index (χ3n) is 4.58. The Kier molecular flexibility index (Phi) is 3.85. The average molecular weight is 228 g/mol. The fourth-order valence-electron chi connectivity index (χ4n) is 3.23. The predicted molar refractivity (Wildman–Crippen MR) is 65.1 cm³/mol. The highest BCUT2D eigenvalue weighted by atomic mass is 19.1. The zero-order valence-electron chi connectivity index (χ0n) is 10.3. The van der Waals surface area contributed by atoms with Gasteiger partial charge in [0.2, 0.25) is 0 Å². The van der Waals surface area contributed by atoms with Crippen LogP contribution in [0.15, 0.2) is 0 Å². The molecule has 2 unspecified atom stereocenters. The largest absolute Gasteiger partial charge is 0.328 e. The molecule has 2 nitrogen and oxygen atoms in total. The van der Waals surface area contributed by atoms with Gasteiger partial charge < -0.3 is 11.1 Å². The molecule has 0 aromatic rings. The van der Waals surface area contributed by atoms with Gasteiger partial charge in [-0.05, 0) is 51.0 Å². The van der Waals surface area contributed by atoms with Gasteiger partial charge in [0.1, 0.15) is 5.67 Å². The van der Waals surface area contributed by atoms with Crippen molar-refractivity contribution in [2.24, 2.45) is 11.7 Å². The Morgan fingerprint density at radius 3 is 2.62 bits per heavy atom. The molecule has 3 N–H and O–H groups in total. The summed E-state index contributed by atoms with van der Waals surface area (Å²) in [6, 6.07) is 0.313. The predicted octanol–water partition coefficient (Wildman–Crippen LogP) is 2.37. The molecule has 0 spiro atoms. The van der Waals surface area contributed by atoms with E-state index < -0.39 is 5.67 Å². The Bertz CT molecular complexity index is 224. The molecule has 1 aliphatic carbocycles. The van der Waals surface area contributed by atoms with Crippen molar-refractivity contribution in [1.82, 2.24) is 5.32 Å². The summed E-state index contributed by atoms with van der Waals surface area (Å²) in [5, 5.41) is 3.39. The lowest BCUT2D eigenvalue weighted by Gasteiger charge is -2.42. The van der Waals surface area contributed by atoms with Crippen LogP contribution in [0.1, 0.15) is 51.9 Å². The van der Waals surface area contributed by atoms with Crippen molar-refractivity contribution < 1.29 is 4.39 Å². The molecule has 0 amide bonds. The van der Waals surface area contributed by atoms with E-state index in [-0.39, 0.29) is 12.1 Å². The van der Waals surface area contributed by atoms with Crippen molar-refractivity contribution >= 4 is 0 Å². The Labute approximate surface area is 98.2 Å². The molecule has 0 radical (unpaired) electrons. The fourth-order valence-corrected chi connectivity index (χ4v) is 3.23. The molecule has 2 aliphatic rings. The summed E-state index contributed by atoms with van der Waals surface area (Å²) in [5.74, 6) is 0.717. The molecule has 1 aliphatic heterocycles.